The molecular weight excluding hydrogens is 240 g/mol. The summed E-state index contributed by atoms with van der Waals surface area (Å²) < 4.78 is 5.17. The lowest BCUT2D eigenvalue weighted by molar-refractivity contribution is -0.168. The van der Waals surface area contributed by atoms with Crippen LogP contribution in [0.5, 0.6) is 0 Å². The molecule has 0 saturated carbocycles. The lowest BCUT2D eigenvalue weighted by Gasteiger charge is -2.26. The molecule has 0 aliphatic rings. The summed E-state index contributed by atoms with van der Waals surface area (Å²) in [5.74, 6) is -5.52. The molecule has 0 bridgehead atoms. The maximum absolute atomic E-state index is 11.8. The summed E-state index contributed by atoms with van der Waals surface area (Å²) in [6.07, 6.45) is -0.0136. The van der Waals surface area contributed by atoms with E-state index in [4.69, 9.17) is 14.9 Å². The van der Waals surface area contributed by atoms with Crippen molar-refractivity contribution < 1.29 is 29.3 Å². The van der Waals surface area contributed by atoms with Crippen LogP contribution in [-0.4, -0.2) is 33.7 Å². The fraction of sp³-hybridized carbons (Fsp3) is 0.750. The third-order valence-corrected chi connectivity index (χ3v) is 2.92. The van der Waals surface area contributed by atoms with Gasteiger partial charge < -0.3 is 14.9 Å². The van der Waals surface area contributed by atoms with E-state index in [1.165, 1.54) is 6.92 Å². The molecule has 0 aliphatic carbocycles. The zero-order valence-electron chi connectivity index (χ0n) is 11.1. The quantitative estimate of drug-likeness (QED) is 0.673. The van der Waals surface area contributed by atoms with E-state index in [-0.39, 0.29) is 0 Å². The molecule has 0 fully saturated rings. The van der Waals surface area contributed by atoms with Gasteiger partial charge in [0.2, 0.25) is 0 Å². The van der Waals surface area contributed by atoms with Crippen molar-refractivity contribution in [2.75, 3.05) is 0 Å². The maximum Gasteiger partial charge on any atom is 0.310 e. The van der Waals surface area contributed by atoms with Crippen LogP contribution in [0.2, 0.25) is 0 Å². The molecule has 0 radical (unpaired) electrons. The van der Waals surface area contributed by atoms with Crippen molar-refractivity contribution in [1.82, 2.24) is 0 Å². The minimum atomic E-state index is -1.31. The van der Waals surface area contributed by atoms with Gasteiger partial charge in [0.1, 0.15) is 5.60 Å². The second-order valence-corrected chi connectivity index (χ2v) is 4.87. The van der Waals surface area contributed by atoms with Crippen molar-refractivity contribution in [2.24, 2.45) is 11.8 Å². The van der Waals surface area contributed by atoms with Crippen molar-refractivity contribution >= 4 is 17.9 Å². The molecule has 0 aromatic heterocycles. The molecule has 2 unspecified atom stereocenters. The Hall–Kier alpha value is -1.59. The van der Waals surface area contributed by atoms with Gasteiger partial charge in [-0.3, -0.25) is 14.4 Å². The van der Waals surface area contributed by atoms with Crippen LogP contribution in [0.1, 0.15) is 40.5 Å². The Balaban J connectivity index is 4.77. The SMILES string of the molecule is CCC(C)(C)OC(=O)C(C)C(CC(=O)O)C(=O)O. The van der Waals surface area contributed by atoms with Crippen LogP contribution in [0.25, 0.3) is 0 Å². The molecule has 2 N–H and O–H groups in total. The first kappa shape index (κ1) is 16.4. The van der Waals surface area contributed by atoms with Gasteiger partial charge in [0.25, 0.3) is 0 Å². The molecule has 0 saturated heterocycles. The van der Waals surface area contributed by atoms with Crippen LogP contribution in [-0.2, 0) is 19.1 Å². The molecule has 0 heterocycles. The molecule has 104 valence electrons. The highest BCUT2D eigenvalue weighted by Crippen LogP contribution is 2.22. The van der Waals surface area contributed by atoms with Gasteiger partial charge in [-0.15, -0.1) is 0 Å². The average molecular weight is 260 g/mol. The first-order valence-corrected chi connectivity index (χ1v) is 5.78. The summed E-state index contributed by atoms with van der Waals surface area (Å²) in [5.41, 5.74) is -0.683. The van der Waals surface area contributed by atoms with E-state index >= 15 is 0 Å². The van der Waals surface area contributed by atoms with Crippen molar-refractivity contribution in [3.05, 3.63) is 0 Å². The topological polar surface area (TPSA) is 101 Å². The Morgan fingerprint density at radius 1 is 1.22 bits per heavy atom. The van der Waals surface area contributed by atoms with E-state index in [0.717, 1.165) is 0 Å². The monoisotopic (exact) mass is 260 g/mol. The molecule has 0 rings (SSSR count). The molecule has 18 heavy (non-hydrogen) atoms. The van der Waals surface area contributed by atoms with Gasteiger partial charge >= 0.3 is 17.9 Å². The largest absolute Gasteiger partial charge is 0.481 e. The zero-order valence-corrected chi connectivity index (χ0v) is 11.1. The molecule has 0 aromatic carbocycles. The first-order valence-electron chi connectivity index (χ1n) is 5.78. The predicted octanol–water partition coefficient (Wildman–Crippen LogP) is 1.53. The van der Waals surface area contributed by atoms with Gasteiger partial charge in [0.05, 0.1) is 18.3 Å². The van der Waals surface area contributed by atoms with E-state index < -0.39 is 41.8 Å². The summed E-state index contributed by atoms with van der Waals surface area (Å²) in [7, 11) is 0. The molecular formula is C12H20O6. The number of hydrogen-bond acceptors (Lipinski definition) is 4. The summed E-state index contributed by atoms with van der Waals surface area (Å²) in [6.45, 7) is 6.63. The Labute approximate surface area is 106 Å². The van der Waals surface area contributed by atoms with Gasteiger partial charge in [0, 0.05) is 0 Å². The van der Waals surface area contributed by atoms with E-state index in [1.807, 2.05) is 6.92 Å². The summed E-state index contributed by atoms with van der Waals surface area (Å²) >= 11 is 0. The van der Waals surface area contributed by atoms with Gasteiger partial charge in [-0.05, 0) is 20.3 Å². The van der Waals surface area contributed by atoms with Crippen LogP contribution in [0.3, 0.4) is 0 Å². The Bertz CT molecular complexity index is 333. The lowest BCUT2D eigenvalue weighted by Crippen LogP contribution is -2.36. The second-order valence-electron chi connectivity index (χ2n) is 4.87. The van der Waals surface area contributed by atoms with Gasteiger partial charge in [0.15, 0.2) is 0 Å². The number of esters is 1. The van der Waals surface area contributed by atoms with Gasteiger partial charge in [-0.1, -0.05) is 13.8 Å². The van der Waals surface area contributed by atoms with E-state index in [9.17, 15) is 14.4 Å². The van der Waals surface area contributed by atoms with Crippen molar-refractivity contribution in [1.29, 1.82) is 0 Å². The van der Waals surface area contributed by atoms with Crippen LogP contribution in [0.15, 0.2) is 0 Å². The summed E-state index contributed by atoms with van der Waals surface area (Å²) in [6, 6.07) is 0. The number of carboxylic acid groups (broad SMARTS) is 2. The van der Waals surface area contributed by atoms with Crippen LogP contribution in [0, 0.1) is 11.8 Å². The zero-order chi connectivity index (χ0) is 14.5. The van der Waals surface area contributed by atoms with E-state index in [1.54, 1.807) is 13.8 Å². The lowest BCUT2D eigenvalue weighted by atomic mass is 9.91. The highest BCUT2D eigenvalue weighted by Gasteiger charge is 2.35. The average Bonchev–Trinajstić information content (AvgIpc) is 2.23. The van der Waals surface area contributed by atoms with Gasteiger partial charge in [-0.2, -0.15) is 0 Å². The molecule has 0 aliphatic heterocycles. The highest BCUT2D eigenvalue weighted by molar-refractivity contribution is 5.84. The summed E-state index contributed by atoms with van der Waals surface area (Å²) in [4.78, 5) is 33.3. The first-order chi connectivity index (χ1) is 8.10. The second kappa shape index (κ2) is 6.37. The summed E-state index contributed by atoms with van der Waals surface area (Å²) in [5, 5.41) is 17.6. The standard InChI is InChI=1S/C12H20O6/c1-5-12(3,4)18-11(17)7(2)8(10(15)16)6-9(13)14/h7-8H,5-6H2,1-4H3,(H,13,14)(H,15,16). The third kappa shape index (κ3) is 5.16. The number of hydrogen-bond donors (Lipinski definition) is 2. The molecule has 0 aromatic rings. The molecule has 2 atom stereocenters. The van der Waals surface area contributed by atoms with E-state index in [2.05, 4.69) is 0 Å². The fourth-order valence-electron chi connectivity index (χ4n) is 1.27. The smallest absolute Gasteiger partial charge is 0.310 e. The molecule has 6 heteroatoms. The number of rotatable bonds is 7. The van der Waals surface area contributed by atoms with Crippen LogP contribution in [0.4, 0.5) is 0 Å². The van der Waals surface area contributed by atoms with Crippen molar-refractivity contribution in [2.45, 2.75) is 46.1 Å². The van der Waals surface area contributed by atoms with Gasteiger partial charge in [-0.25, -0.2) is 0 Å². The number of carbonyl (C=O) groups excluding carboxylic acids is 1. The Morgan fingerprint density at radius 3 is 2.06 bits per heavy atom. The number of ether oxygens (including phenoxy) is 1. The van der Waals surface area contributed by atoms with Crippen molar-refractivity contribution in [3.63, 3.8) is 0 Å². The minimum absolute atomic E-state index is 0.585. The molecule has 6 nitrogen and oxygen atoms in total. The minimum Gasteiger partial charge on any atom is -0.481 e. The number of carbonyl (C=O) groups is 3. The number of aliphatic carboxylic acids is 2. The fourth-order valence-corrected chi connectivity index (χ4v) is 1.27. The Morgan fingerprint density at radius 2 is 1.72 bits per heavy atom. The third-order valence-electron chi connectivity index (χ3n) is 2.92. The van der Waals surface area contributed by atoms with Crippen LogP contribution >= 0.6 is 0 Å². The van der Waals surface area contributed by atoms with E-state index in [0.29, 0.717) is 6.42 Å². The normalized spacial score (nSPS) is 14.7. The molecule has 0 amide bonds. The molecule has 0 spiro atoms. The predicted molar refractivity (Wildman–Crippen MR) is 63.0 cm³/mol. The Kier molecular flexibility index (Phi) is 5.81. The maximum atomic E-state index is 11.8. The van der Waals surface area contributed by atoms with Crippen LogP contribution < -0.4 is 0 Å². The van der Waals surface area contributed by atoms with Crippen molar-refractivity contribution in [3.8, 4) is 0 Å². The number of carboxylic acids is 2. The highest BCUT2D eigenvalue weighted by atomic mass is 16.6.